The van der Waals surface area contributed by atoms with Gasteiger partial charge >= 0.3 is 0 Å². The lowest BCUT2D eigenvalue weighted by Crippen LogP contribution is -2.12. The molecule has 3 aromatic heterocycles. The average Bonchev–Trinajstić information content (AvgIpc) is 3.18. The fourth-order valence-electron chi connectivity index (χ4n) is 6.49. The molecular formula is C34H33N3. The van der Waals surface area contributed by atoms with Crippen LogP contribution in [-0.4, -0.2) is 14.4 Å². The van der Waals surface area contributed by atoms with Gasteiger partial charge in [0, 0.05) is 16.2 Å². The highest BCUT2D eigenvalue weighted by molar-refractivity contribution is 6.29. The van der Waals surface area contributed by atoms with Crippen molar-refractivity contribution in [1.29, 1.82) is 0 Å². The minimum Gasteiger partial charge on any atom is -0.307 e. The van der Waals surface area contributed by atoms with Crippen LogP contribution in [0, 0.1) is 10.8 Å². The minimum atomic E-state index is 0.134. The molecule has 0 bridgehead atoms. The Hall–Kier alpha value is -3.72. The van der Waals surface area contributed by atoms with Gasteiger partial charge < -0.3 is 4.40 Å². The standard InChI is InChI=1S/C34H33N3/c1-33(2,3)17-21-16-26-29-30(36-19-35-26)24-15-20-11-7-8-12-22(20)25(18-34(4,5)6)31(24)37-27-14-10-9-13-23(27)28(21)32(29)37/h7-16,19H,17-18H2,1-6H3. The third kappa shape index (κ3) is 3.33. The van der Waals surface area contributed by atoms with Crippen molar-refractivity contribution >= 4 is 59.9 Å². The predicted octanol–water partition coefficient (Wildman–Crippen LogP) is 9.11. The van der Waals surface area contributed by atoms with E-state index in [2.05, 4.69) is 107 Å². The van der Waals surface area contributed by atoms with E-state index >= 15 is 0 Å². The van der Waals surface area contributed by atoms with Gasteiger partial charge in [-0.15, -0.1) is 0 Å². The molecule has 0 aliphatic heterocycles. The number of benzene rings is 4. The molecule has 7 rings (SSSR count). The molecule has 0 saturated carbocycles. The van der Waals surface area contributed by atoms with E-state index in [1.807, 2.05) is 0 Å². The first-order chi connectivity index (χ1) is 17.6. The second-order valence-electron chi connectivity index (χ2n) is 13.2. The van der Waals surface area contributed by atoms with Crippen molar-refractivity contribution in [3.63, 3.8) is 0 Å². The van der Waals surface area contributed by atoms with Gasteiger partial charge in [-0.2, -0.15) is 0 Å². The van der Waals surface area contributed by atoms with E-state index in [1.165, 1.54) is 60.0 Å². The summed E-state index contributed by atoms with van der Waals surface area (Å²) in [6, 6.07) is 22.5. The first-order valence-corrected chi connectivity index (χ1v) is 13.4. The van der Waals surface area contributed by atoms with Crippen LogP contribution in [0.5, 0.6) is 0 Å². The van der Waals surface area contributed by atoms with Crippen molar-refractivity contribution in [1.82, 2.24) is 14.4 Å². The maximum absolute atomic E-state index is 4.96. The topological polar surface area (TPSA) is 30.2 Å². The Kier molecular flexibility index (Phi) is 4.50. The molecule has 37 heavy (non-hydrogen) atoms. The Balaban J connectivity index is 1.84. The van der Waals surface area contributed by atoms with Gasteiger partial charge in [-0.3, -0.25) is 0 Å². The number of pyridine rings is 1. The Morgan fingerprint density at radius 3 is 2.14 bits per heavy atom. The second kappa shape index (κ2) is 7.41. The number of para-hydroxylation sites is 1. The summed E-state index contributed by atoms with van der Waals surface area (Å²) < 4.78 is 2.55. The first kappa shape index (κ1) is 22.5. The Morgan fingerprint density at radius 1 is 0.676 bits per heavy atom. The van der Waals surface area contributed by atoms with Gasteiger partial charge in [0.25, 0.3) is 0 Å². The highest BCUT2D eigenvalue weighted by Crippen LogP contribution is 2.45. The Labute approximate surface area is 217 Å². The van der Waals surface area contributed by atoms with Crippen molar-refractivity contribution in [2.24, 2.45) is 10.8 Å². The summed E-state index contributed by atoms with van der Waals surface area (Å²) in [4.78, 5) is 9.78. The number of aromatic nitrogens is 3. The van der Waals surface area contributed by atoms with Gasteiger partial charge in [-0.05, 0) is 63.8 Å². The zero-order chi connectivity index (χ0) is 25.7. The average molecular weight is 484 g/mol. The number of hydrogen-bond donors (Lipinski definition) is 0. The third-order valence-electron chi connectivity index (χ3n) is 7.65. The van der Waals surface area contributed by atoms with Crippen LogP contribution in [0.3, 0.4) is 0 Å². The zero-order valence-corrected chi connectivity index (χ0v) is 22.6. The molecule has 4 aromatic carbocycles. The smallest absolute Gasteiger partial charge is 0.116 e. The zero-order valence-electron chi connectivity index (χ0n) is 22.6. The molecule has 0 spiro atoms. The van der Waals surface area contributed by atoms with Gasteiger partial charge in [-0.1, -0.05) is 84.0 Å². The first-order valence-electron chi connectivity index (χ1n) is 13.4. The third-order valence-corrected chi connectivity index (χ3v) is 7.65. The molecule has 3 nitrogen and oxygen atoms in total. The van der Waals surface area contributed by atoms with Gasteiger partial charge in [0.2, 0.25) is 0 Å². The molecule has 0 fully saturated rings. The number of rotatable bonds is 2. The number of nitrogens with zero attached hydrogens (tertiary/aromatic N) is 3. The fraction of sp³-hybridized carbons (Fsp3) is 0.294. The summed E-state index contributed by atoms with van der Waals surface area (Å²) in [5, 5.41) is 7.67. The molecule has 3 heteroatoms. The van der Waals surface area contributed by atoms with Crippen molar-refractivity contribution in [2.75, 3.05) is 0 Å². The normalized spacial score (nSPS) is 13.4. The molecule has 0 N–H and O–H groups in total. The highest BCUT2D eigenvalue weighted by Gasteiger charge is 2.26. The van der Waals surface area contributed by atoms with Gasteiger partial charge in [0.15, 0.2) is 0 Å². The maximum Gasteiger partial charge on any atom is 0.116 e. The second-order valence-corrected chi connectivity index (χ2v) is 13.2. The maximum atomic E-state index is 4.96. The van der Waals surface area contributed by atoms with E-state index in [9.17, 15) is 0 Å². The fourth-order valence-corrected chi connectivity index (χ4v) is 6.49. The summed E-state index contributed by atoms with van der Waals surface area (Å²) in [5.41, 5.74) is 9.00. The largest absolute Gasteiger partial charge is 0.307 e. The van der Waals surface area contributed by atoms with E-state index in [-0.39, 0.29) is 10.8 Å². The van der Waals surface area contributed by atoms with E-state index in [4.69, 9.17) is 9.97 Å². The summed E-state index contributed by atoms with van der Waals surface area (Å²) in [6.45, 7) is 14.0. The lowest BCUT2D eigenvalue weighted by Gasteiger charge is -2.24. The molecule has 0 saturated heterocycles. The molecule has 7 aromatic rings. The molecule has 0 radical (unpaired) electrons. The predicted molar refractivity (Wildman–Crippen MR) is 158 cm³/mol. The van der Waals surface area contributed by atoms with Crippen molar-refractivity contribution < 1.29 is 0 Å². The molecular weight excluding hydrogens is 450 g/mol. The summed E-state index contributed by atoms with van der Waals surface area (Å²) >= 11 is 0. The molecule has 3 heterocycles. The van der Waals surface area contributed by atoms with Crippen LogP contribution in [0.4, 0.5) is 0 Å². The van der Waals surface area contributed by atoms with E-state index in [0.717, 1.165) is 23.9 Å². The van der Waals surface area contributed by atoms with Crippen LogP contribution in [0.25, 0.3) is 59.9 Å². The van der Waals surface area contributed by atoms with E-state index < -0.39 is 0 Å². The minimum absolute atomic E-state index is 0.134. The monoisotopic (exact) mass is 483 g/mol. The molecule has 184 valence electrons. The van der Waals surface area contributed by atoms with Gasteiger partial charge in [0.1, 0.15) is 6.33 Å². The Bertz CT molecular complexity index is 1990. The van der Waals surface area contributed by atoms with Gasteiger partial charge in [-0.25, -0.2) is 9.97 Å². The van der Waals surface area contributed by atoms with Crippen molar-refractivity contribution in [2.45, 2.75) is 54.4 Å². The van der Waals surface area contributed by atoms with E-state index in [1.54, 1.807) is 6.33 Å². The van der Waals surface area contributed by atoms with Crippen molar-refractivity contribution in [3.05, 3.63) is 78.1 Å². The van der Waals surface area contributed by atoms with Crippen LogP contribution in [0.15, 0.2) is 67.0 Å². The quantitative estimate of drug-likeness (QED) is 0.181. The highest BCUT2D eigenvalue weighted by atomic mass is 14.9. The van der Waals surface area contributed by atoms with Crippen molar-refractivity contribution in [3.8, 4) is 0 Å². The lowest BCUT2D eigenvalue weighted by molar-refractivity contribution is 0.412. The van der Waals surface area contributed by atoms with Gasteiger partial charge in [0.05, 0.1) is 33.0 Å². The van der Waals surface area contributed by atoms with Crippen LogP contribution < -0.4 is 0 Å². The number of fused-ring (bicyclic) bond motifs is 7. The molecule has 0 aliphatic carbocycles. The Morgan fingerprint density at radius 2 is 1.38 bits per heavy atom. The molecule has 0 atom stereocenters. The van der Waals surface area contributed by atoms with Crippen LogP contribution in [-0.2, 0) is 12.8 Å². The summed E-state index contributed by atoms with van der Waals surface area (Å²) in [6.07, 6.45) is 3.73. The van der Waals surface area contributed by atoms with Crippen LogP contribution in [0.2, 0.25) is 0 Å². The molecule has 0 amide bonds. The number of hydrogen-bond acceptors (Lipinski definition) is 2. The summed E-state index contributed by atoms with van der Waals surface area (Å²) in [7, 11) is 0. The molecule has 0 unspecified atom stereocenters. The lowest BCUT2D eigenvalue weighted by atomic mass is 9.84. The molecule has 0 aliphatic rings. The van der Waals surface area contributed by atoms with Crippen LogP contribution >= 0.6 is 0 Å². The van der Waals surface area contributed by atoms with E-state index in [0.29, 0.717) is 0 Å². The SMILES string of the molecule is CC(C)(C)Cc1cc2ncnc3c4cc5ccccc5c(CC(C)(C)C)c4n4c5ccccc5c1c4c23. The summed E-state index contributed by atoms with van der Waals surface area (Å²) in [5.74, 6) is 0. The van der Waals surface area contributed by atoms with Crippen LogP contribution in [0.1, 0.15) is 52.7 Å².